The average molecular weight is 412 g/mol. The van der Waals surface area contributed by atoms with E-state index in [0.717, 1.165) is 17.4 Å². The first-order valence-electron chi connectivity index (χ1n) is 10.5. The van der Waals surface area contributed by atoms with Crippen LogP contribution in [0.15, 0.2) is 72.8 Å². The van der Waals surface area contributed by atoms with Crippen LogP contribution in [0.2, 0.25) is 0 Å². The van der Waals surface area contributed by atoms with Crippen LogP contribution in [-0.4, -0.2) is 25.5 Å². The van der Waals surface area contributed by atoms with Gasteiger partial charge in [0.15, 0.2) is 0 Å². The zero-order chi connectivity index (χ0) is 21.6. The fourth-order valence-electron chi connectivity index (χ4n) is 4.03. The van der Waals surface area contributed by atoms with Crippen molar-refractivity contribution in [2.45, 2.75) is 19.3 Å². The number of aldehydes is 1. The van der Waals surface area contributed by atoms with Gasteiger partial charge >= 0.3 is 6.09 Å². The maximum atomic E-state index is 12.2. The number of carbonyl (C=O) groups excluding carboxylic acids is 2. The molecule has 1 aliphatic rings. The van der Waals surface area contributed by atoms with Crippen molar-refractivity contribution in [2.24, 2.45) is 0 Å². The summed E-state index contributed by atoms with van der Waals surface area (Å²) in [5.74, 6) is 0.0612. The quantitative estimate of drug-likeness (QED) is 0.398. The van der Waals surface area contributed by atoms with E-state index in [-0.39, 0.29) is 5.92 Å². The van der Waals surface area contributed by atoms with Gasteiger partial charge in [0, 0.05) is 18.0 Å². The van der Waals surface area contributed by atoms with Crippen molar-refractivity contribution in [3.63, 3.8) is 0 Å². The van der Waals surface area contributed by atoms with E-state index in [1.807, 2.05) is 55.5 Å². The van der Waals surface area contributed by atoms with Gasteiger partial charge in [-0.15, -0.1) is 0 Å². The highest BCUT2D eigenvalue weighted by Crippen LogP contribution is 2.44. The minimum Gasteiger partial charge on any atom is -0.449 e. The molecule has 156 valence electrons. The van der Waals surface area contributed by atoms with Crippen LogP contribution in [0.1, 0.15) is 45.0 Å². The number of rotatable bonds is 7. The van der Waals surface area contributed by atoms with Gasteiger partial charge < -0.3 is 10.1 Å². The summed E-state index contributed by atoms with van der Waals surface area (Å²) in [6.07, 6.45) is 5.07. The first-order valence-corrected chi connectivity index (χ1v) is 10.5. The summed E-state index contributed by atoms with van der Waals surface area (Å²) in [5.41, 5.74) is 7.59. The van der Waals surface area contributed by atoms with Gasteiger partial charge in [0.2, 0.25) is 0 Å². The normalized spacial score (nSPS) is 12.4. The monoisotopic (exact) mass is 411 g/mol. The second-order valence-electron chi connectivity index (χ2n) is 7.68. The molecule has 4 rings (SSSR count). The van der Waals surface area contributed by atoms with E-state index in [4.69, 9.17) is 4.74 Å². The number of hydrogen-bond donors (Lipinski definition) is 1. The molecule has 0 heterocycles. The molecule has 0 saturated heterocycles. The van der Waals surface area contributed by atoms with Crippen LogP contribution in [0, 0.1) is 6.92 Å². The van der Waals surface area contributed by atoms with E-state index in [2.05, 4.69) is 29.6 Å². The van der Waals surface area contributed by atoms with Crippen LogP contribution in [0.4, 0.5) is 4.79 Å². The maximum Gasteiger partial charge on any atom is 0.407 e. The Morgan fingerprint density at radius 3 is 2.35 bits per heavy atom. The number of aryl methyl sites for hydroxylation is 1. The molecule has 0 radical (unpaired) electrons. The molecule has 1 aliphatic carbocycles. The molecule has 3 aromatic carbocycles. The van der Waals surface area contributed by atoms with Crippen LogP contribution in [0.3, 0.4) is 0 Å². The van der Waals surface area contributed by atoms with Gasteiger partial charge in [-0.1, -0.05) is 72.8 Å². The summed E-state index contributed by atoms with van der Waals surface area (Å²) in [7, 11) is 0. The molecule has 0 atom stereocenters. The Morgan fingerprint density at radius 2 is 1.68 bits per heavy atom. The largest absolute Gasteiger partial charge is 0.449 e. The van der Waals surface area contributed by atoms with Gasteiger partial charge in [0.1, 0.15) is 12.9 Å². The minimum absolute atomic E-state index is 0.0612. The van der Waals surface area contributed by atoms with Gasteiger partial charge in [-0.05, 0) is 52.8 Å². The Morgan fingerprint density at radius 1 is 1.00 bits per heavy atom. The third-order valence-electron chi connectivity index (χ3n) is 5.66. The highest BCUT2D eigenvalue weighted by Gasteiger charge is 2.28. The van der Waals surface area contributed by atoms with Crippen molar-refractivity contribution in [3.05, 3.63) is 101 Å². The molecular weight excluding hydrogens is 386 g/mol. The molecule has 0 aromatic heterocycles. The zero-order valence-corrected chi connectivity index (χ0v) is 17.5. The predicted molar refractivity (Wildman–Crippen MR) is 123 cm³/mol. The Kier molecular flexibility index (Phi) is 6.27. The van der Waals surface area contributed by atoms with E-state index in [9.17, 15) is 9.59 Å². The third-order valence-corrected chi connectivity index (χ3v) is 5.66. The molecule has 1 N–H and O–H groups in total. The minimum atomic E-state index is -0.408. The maximum absolute atomic E-state index is 12.2. The lowest BCUT2D eigenvalue weighted by molar-refractivity contribution is 0.112. The average Bonchev–Trinajstić information content (AvgIpc) is 3.12. The summed E-state index contributed by atoms with van der Waals surface area (Å²) < 4.78 is 5.54. The summed E-state index contributed by atoms with van der Waals surface area (Å²) in [5, 5.41) is 2.81. The number of alkyl carbamates (subject to hydrolysis) is 1. The fraction of sp³-hybridized carbons (Fsp3) is 0.185. The predicted octanol–water partition coefficient (Wildman–Crippen LogP) is 5.75. The van der Waals surface area contributed by atoms with Crippen molar-refractivity contribution in [2.75, 3.05) is 13.2 Å². The van der Waals surface area contributed by atoms with Crippen LogP contribution in [0.25, 0.3) is 17.2 Å². The number of carbonyl (C=O) groups is 2. The lowest BCUT2D eigenvalue weighted by Crippen LogP contribution is -2.26. The van der Waals surface area contributed by atoms with Crippen molar-refractivity contribution in [1.82, 2.24) is 5.32 Å². The topological polar surface area (TPSA) is 55.4 Å². The van der Waals surface area contributed by atoms with Crippen LogP contribution in [0.5, 0.6) is 0 Å². The molecular formula is C27H25NO3. The molecule has 4 heteroatoms. The Labute approximate surface area is 182 Å². The Bertz CT molecular complexity index is 1090. The number of amides is 1. The lowest BCUT2D eigenvalue weighted by Gasteiger charge is -2.14. The number of fused-ring (bicyclic) bond motifs is 3. The van der Waals surface area contributed by atoms with E-state index in [0.29, 0.717) is 25.1 Å². The lowest BCUT2D eigenvalue weighted by atomic mass is 9.98. The number of ether oxygens (including phenoxy) is 1. The zero-order valence-electron chi connectivity index (χ0n) is 17.5. The van der Waals surface area contributed by atoms with E-state index >= 15 is 0 Å². The number of hydrogen-bond acceptors (Lipinski definition) is 3. The van der Waals surface area contributed by atoms with Crippen LogP contribution in [-0.2, 0) is 4.74 Å². The smallest absolute Gasteiger partial charge is 0.407 e. The second-order valence-corrected chi connectivity index (χ2v) is 7.68. The summed E-state index contributed by atoms with van der Waals surface area (Å²) >= 11 is 0. The molecule has 0 aliphatic heterocycles. The SMILES string of the molecule is Cc1ccc(C=O)cc1C=CCCNC(=O)OCC1c2ccccc2-c2ccccc21. The van der Waals surface area contributed by atoms with Gasteiger partial charge in [-0.3, -0.25) is 4.79 Å². The molecule has 0 spiro atoms. The van der Waals surface area contributed by atoms with Gasteiger partial charge in [0.25, 0.3) is 0 Å². The van der Waals surface area contributed by atoms with E-state index in [1.54, 1.807) is 6.07 Å². The molecule has 0 bridgehead atoms. The number of nitrogens with one attached hydrogen (secondary N) is 1. The number of benzene rings is 3. The standard InChI is InChI=1S/C27H25NO3/c1-19-13-14-20(17-29)16-21(19)8-6-7-15-28-27(30)31-18-26-24-11-4-2-9-22(24)23-10-3-5-12-25(23)26/h2-6,8-14,16-17,26H,7,15,18H2,1H3,(H,28,30). The van der Waals surface area contributed by atoms with Crippen LogP contribution >= 0.6 is 0 Å². The van der Waals surface area contributed by atoms with Crippen molar-refractivity contribution < 1.29 is 14.3 Å². The highest BCUT2D eigenvalue weighted by molar-refractivity contribution is 5.79. The fourth-order valence-corrected chi connectivity index (χ4v) is 4.03. The molecule has 4 nitrogen and oxygen atoms in total. The molecule has 3 aromatic rings. The van der Waals surface area contributed by atoms with Gasteiger partial charge in [0.05, 0.1) is 0 Å². The second kappa shape index (κ2) is 9.43. The molecule has 1 amide bonds. The third kappa shape index (κ3) is 4.58. The van der Waals surface area contributed by atoms with Crippen molar-refractivity contribution in [1.29, 1.82) is 0 Å². The Hall–Kier alpha value is -3.66. The van der Waals surface area contributed by atoms with Crippen molar-refractivity contribution in [3.8, 4) is 11.1 Å². The first kappa shape index (κ1) is 20.6. The van der Waals surface area contributed by atoms with E-state index in [1.165, 1.54) is 22.3 Å². The summed E-state index contributed by atoms with van der Waals surface area (Å²) in [6.45, 7) is 2.80. The molecule has 0 fully saturated rings. The van der Waals surface area contributed by atoms with E-state index < -0.39 is 6.09 Å². The highest BCUT2D eigenvalue weighted by atomic mass is 16.5. The van der Waals surface area contributed by atoms with Crippen molar-refractivity contribution >= 4 is 18.5 Å². The molecule has 31 heavy (non-hydrogen) atoms. The summed E-state index contributed by atoms with van der Waals surface area (Å²) in [4.78, 5) is 23.1. The first-order chi connectivity index (χ1) is 15.2. The summed E-state index contributed by atoms with van der Waals surface area (Å²) in [6, 6.07) is 22.2. The van der Waals surface area contributed by atoms with Gasteiger partial charge in [-0.25, -0.2) is 4.79 Å². The molecule has 0 unspecified atom stereocenters. The Balaban J connectivity index is 1.28. The molecule has 0 saturated carbocycles. The van der Waals surface area contributed by atoms with Gasteiger partial charge in [-0.2, -0.15) is 0 Å². The van der Waals surface area contributed by atoms with Crippen LogP contribution < -0.4 is 5.32 Å².